The van der Waals surface area contributed by atoms with E-state index in [0.29, 0.717) is 0 Å². The molecule has 2 heteroatoms. The van der Waals surface area contributed by atoms with Gasteiger partial charge in [0.15, 0.2) is 0 Å². The quantitative estimate of drug-likeness (QED) is 0.181. The number of anilines is 3. The Balaban J connectivity index is 1.21. The van der Waals surface area contributed by atoms with E-state index in [1.165, 1.54) is 54.8 Å². The number of aromatic nitrogens is 1. The van der Waals surface area contributed by atoms with Crippen molar-refractivity contribution in [3.63, 3.8) is 0 Å². The molecule has 0 radical (unpaired) electrons. The van der Waals surface area contributed by atoms with E-state index in [-0.39, 0.29) is 0 Å². The Labute approximate surface area is 280 Å². The second kappa shape index (κ2) is 11.8. The Kier molecular flexibility index (Phi) is 6.84. The minimum Gasteiger partial charge on any atom is -0.310 e. The Morgan fingerprint density at radius 2 is 0.938 bits per heavy atom. The Morgan fingerprint density at radius 3 is 1.67 bits per heavy atom. The van der Waals surface area contributed by atoms with Gasteiger partial charge in [-0.2, -0.15) is 0 Å². The summed E-state index contributed by atoms with van der Waals surface area (Å²) in [6, 6.07) is 69.7. The SMILES string of the molecule is c1ccc(-c2cccc3ccc4c(c5ccccc5n4-c4ccc(-c5ccccc5N(c5ccccc5)c5ccccc5)cc4)c23)cc1. The summed E-state index contributed by atoms with van der Waals surface area (Å²) in [6.45, 7) is 0. The first-order valence-electron chi connectivity index (χ1n) is 16.5. The molecule has 0 aliphatic heterocycles. The van der Waals surface area contributed by atoms with Crippen LogP contribution in [0.25, 0.3) is 60.5 Å². The van der Waals surface area contributed by atoms with E-state index in [1.54, 1.807) is 0 Å². The van der Waals surface area contributed by atoms with Crippen molar-refractivity contribution < 1.29 is 0 Å². The van der Waals surface area contributed by atoms with Crippen LogP contribution >= 0.6 is 0 Å². The molecule has 0 aliphatic rings. The van der Waals surface area contributed by atoms with Crippen LogP contribution in [0.2, 0.25) is 0 Å². The molecule has 0 atom stereocenters. The fourth-order valence-corrected chi connectivity index (χ4v) is 7.26. The van der Waals surface area contributed by atoms with Gasteiger partial charge in [-0.15, -0.1) is 0 Å². The second-order valence-electron chi connectivity index (χ2n) is 12.2. The van der Waals surface area contributed by atoms with Crippen LogP contribution in [-0.4, -0.2) is 4.57 Å². The minimum absolute atomic E-state index is 1.13. The molecule has 0 fully saturated rings. The fraction of sp³-hybridized carbons (Fsp3) is 0. The van der Waals surface area contributed by atoms with E-state index >= 15 is 0 Å². The molecular formula is C46H32N2. The molecule has 0 saturated carbocycles. The summed E-state index contributed by atoms with van der Waals surface area (Å²) in [4.78, 5) is 2.34. The van der Waals surface area contributed by atoms with Crippen LogP contribution in [0, 0.1) is 0 Å². The molecule has 0 amide bonds. The molecule has 0 spiro atoms. The topological polar surface area (TPSA) is 8.17 Å². The summed E-state index contributed by atoms with van der Waals surface area (Å²) in [6.07, 6.45) is 0. The molecule has 9 aromatic rings. The smallest absolute Gasteiger partial charge is 0.0547 e. The average Bonchev–Trinajstić information content (AvgIpc) is 3.51. The molecule has 0 saturated heterocycles. The van der Waals surface area contributed by atoms with E-state index < -0.39 is 0 Å². The van der Waals surface area contributed by atoms with E-state index in [0.717, 1.165) is 22.7 Å². The van der Waals surface area contributed by atoms with E-state index in [9.17, 15) is 0 Å². The predicted octanol–water partition coefficient (Wildman–Crippen LogP) is 12.7. The second-order valence-corrected chi connectivity index (χ2v) is 12.2. The van der Waals surface area contributed by atoms with Crippen molar-refractivity contribution in [3.05, 3.63) is 194 Å². The number of nitrogens with zero attached hydrogens (tertiary/aromatic N) is 2. The molecular weight excluding hydrogens is 581 g/mol. The third kappa shape index (κ3) is 4.66. The molecule has 1 heterocycles. The normalized spacial score (nSPS) is 11.3. The maximum absolute atomic E-state index is 2.42. The Morgan fingerprint density at radius 1 is 0.354 bits per heavy atom. The lowest BCUT2D eigenvalue weighted by Gasteiger charge is -2.27. The molecule has 0 unspecified atom stereocenters. The lowest BCUT2D eigenvalue weighted by atomic mass is 9.94. The van der Waals surface area contributed by atoms with Gasteiger partial charge in [0.1, 0.15) is 0 Å². The van der Waals surface area contributed by atoms with Crippen LogP contribution < -0.4 is 4.90 Å². The van der Waals surface area contributed by atoms with E-state index in [4.69, 9.17) is 0 Å². The van der Waals surface area contributed by atoms with E-state index in [1.807, 2.05) is 0 Å². The van der Waals surface area contributed by atoms with Crippen molar-refractivity contribution in [1.29, 1.82) is 0 Å². The standard InChI is InChI=1S/C46H32N2/c1-4-15-33(16-5-1)40-24-14-17-35-29-32-44-46(45(35)40)41-23-11-13-26-43(41)48(44)38-30-27-34(28-31-38)39-22-10-12-25-42(39)47(36-18-6-2-7-19-36)37-20-8-3-9-21-37/h1-32H. The van der Waals surface area contributed by atoms with Gasteiger partial charge < -0.3 is 9.47 Å². The van der Waals surface area contributed by atoms with Gasteiger partial charge in [-0.25, -0.2) is 0 Å². The Hall–Kier alpha value is -6.38. The highest BCUT2D eigenvalue weighted by atomic mass is 15.1. The van der Waals surface area contributed by atoms with Gasteiger partial charge in [-0.1, -0.05) is 140 Å². The molecule has 0 bridgehead atoms. The average molecular weight is 613 g/mol. The number of para-hydroxylation sites is 4. The molecule has 0 aliphatic carbocycles. The van der Waals surface area contributed by atoms with Crippen LogP contribution in [-0.2, 0) is 0 Å². The van der Waals surface area contributed by atoms with Crippen LogP contribution in [0.3, 0.4) is 0 Å². The number of hydrogen-bond acceptors (Lipinski definition) is 1. The highest BCUT2D eigenvalue weighted by molar-refractivity contribution is 6.24. The molecule has 0 N–H and O–H groups in total. The van der Waals surface area contributed by atoms with Crippen molar-refractivity contribution in [2.45, 2.75) is 0 Å². The summed E-state index contributed by atoms with van der Waals surface area (Å²) < 4.78 is 2.42. The maximum atomic E-state index is 2.42. The third-order valence-corrected chi connectivity index (χ3v) is 9.37. The highest BCUT2D eigenvalue weighted by Gasteiger charge is 2.19. The molecule has 226 valence electrons. The van der Waals surface area contributed by atoms with E-state index in [2.05, 4.69) is 204 Å². The molecule has 48 heavy (non-hydrogen) atoms. The summed E-state index contributed by atoms with van der Waals surface area (Å²) in [5.74, 6) is 0. The number of hydrogen-bond donors (Lipinski definition) is 0. The van der Waals surface area contributed by atoms with Crippen molar-refractivity contribution in [1.82, 2.24) is 4.57 Å². The predicted molar refractivity (Wildman–Crippen MR) is 204 cm³/mol. The van der Waals surface area contributed by atoms with Gasteiger partial charge in [0.05, 0.1) is 16.7 Å². The third-order valence-electron chi connectivity index (χ3n) is 9.37. The zero-order chi connectivity index (χ0) is 31.9. The van der Waals surface area contributed by atoms with Gasteiger partial charge in [-0.3, -0.25) is 0 Å². The van der Waals surface area contributed by atoms with Crippen LogP contribution in [0.1, 0.15) is 0 Å². The van der Waals surface area contributed by atoms with Gasteiger partial charge in [0.2, 0.25) is 0 Å². The summed E-state index contributed by atoms with van der Waals surface area (Å²) >= 11 is 0. The van der Waals surface area contributed by atoms with Crippen LogP contribution in [0.15, 0.2) is 194 Å². The molecule has 2 nitrogen and oxygen atoms in total. The van der Waals surface area contributed by atoms with Crippen molar-refractivity contribution in [2.24, 2.45) is 0 Å². The number of rotatable bonds is 6. The molecule has 1 aromatic heterocycles. The van der Waals surface area contributed by atoms with Crippen molar-refractivity contribution in [3.8, 4) is 27.9 Å². The van der Waals surface area contributed by atoms with Gasteiger partial charge in [0, 0.05) is 33.4 Å². The van der Waals surface area contributed by atoms with Crippen LogP contribution in [0.4, 0.5) is 17.1 Å². The first-order valence-corrected chi connectivity index (χ1v) is 16.5. The molecule has 8 aromatic carbocycles. The lowest BCUT2D eigenvalue weighted by molar-refractivity contribution is 1.18. The summed E-state index contributed by atoms with van der Waals surface area (Å²) in [7, 11) is 0. The van der Waals surface area contributed by atoms with Crippen LogP contribution in [0.5, 0.6) is 0 Å². The fourth-order valence-electron chi connectivity index (χ4n) is 7.26. The number of fused-ring (bicyclic) bond motifs is 5. The molecule has 9 rings (SSSR count). The first kappa shape index (κ1) is 27.9. The van der Waals surface area contributed by atoms with Crippen molar-refractivity contribution >= 4 is 49.6 Å². The van der Waals surface area contributed by atoms with Gasteiger partial charge in [-0.05, 0) is 82.1 Å². The lowest BCUT2D eigenvalue weighted by Crippen LogP contribution is -2.10. The Bertz CT molecular complexity index is 2490. The summed E-state index contributed by atoms with van der Waals surface area (Å²) in [5, 5.41) is 5.10. The zero-order valence-corrected chi connectivity index (χ0v) is 26.4. The zero-order valence-electron chi connectivity index (χ0n) is 26.4. The van der Waals surface area contributed by atoms with Gasteiger partial charge >= 0.3 is 0 Å². The van der Waals surface area contributed by atoms with Crippen molar-refractivity contribution in [2.75, 3.05) is 4.90 Å². The summed E-state index contributed by atoms with van der Waals surface area (Å²) in [5.41, 5.74) is 11.8. The highest BCUT2D eigenvalue weighted by Crippen LogP contribution is 2.43. The number of benzene rings is 8. The van der Waals surface area contributed by atoms with Gasteiger partial charge in [0.25, 0.3) is 0 Å². The minimum atomic E-state index is 1.13. The monoisotopic (exact) mass is 612 g/mol. The first-order chi connectivity index (χ1) is 23.8. The maximum Gasteiger partial charge on any atom is 0.0547 e. The largest absolute Gasteiger partial charge is 0.310 e.